The molecule has 0 aliphatic carbocycles. The van der Waals surface area contributed by atoms with Crippen molar-refractivity contribution in [3.05, 3.63) is 59.4 Å². The van der Waals surface area contributed by atoms with Gasteiger partial charge in [0.25, 0.3) is 5.91 Å². The number of hydrogen-bond donors (Lipinski definition) is 2. The van der Waals surface area contributed by atoms with Crippen LogP contribution in [-0.4, -0.2) is 32.1 Å². The summed E-state index contributed by atoms with van der Waals surface area (Å²) in [6.07, 6.45) is 0. The molecular weight excluding hydrogens is 375 g/mol. The average Bonchev–Trinajstić information content (AvgIpc) is 2.71. The topological polar surface area (TPSA) is 76.7 Å². The molecular formula is C22H27FN2O4. The largest absolute Gasteiger partial charge is 0.497 e. The molecule has 0 saturated heterocycles. The number of rotatable bonds is 8. The zero-order valence-corrected chi connectivity index (χ0v) is 17.3. The van der Waals surface area contributed by atoms with Gasteiger partial charge in [-0.2, -0.15) is 0 Å². The van der Waals surface area contributed by atoms with Crippen LogP contribution in [0.5, 0.6) is 11.5 Å². The summed E-state index contributed by atoms with van der Waals surface area (Å²) in [5, 5.41) is 5.53. The van der Waals surface area contributed by atoms with Crippen molar-refractivity contribution in [2.45, 2.75) is 32.9 Å². The van der Waals surface area contributed by atoms with Crippen molar-refractivity contribution >= 4 is 11.8 Å². The highest BCUT2D eigenvalue weighted by atomic mass is 19.1. The van der Waals surface area contributed by atoms with Crippen molar-refractivity contribution in [1.82, 2.24) is 10.6 Å². The van der Waals surface area contributed by atoms with E-state index in [2.05, 4.69) is 10.6 Å². The summed E-state index contributed by atoms with van der Waals surface area (Å²) >= 11 is 0. The van der Waals surface area contributed by atoms with Crippen molar-refractivity contribution in [2.75, 3.05) is 14.2 Å². The molecule has 2 aromatic rings. The summed E-state index contributed by atoms with van der Waals surface area (Å²) in [4.78, 5) is 25.3. The van der Waals surface area contributed by atoms with Gasteiger partial charge in [-0.15, -0.1) is 0 Å². The lowest BCUT2D eigenvalue weighted by molar-refractivity contribution is -0.124. The molecule has 0 radical (unpaired) electrons. The van der Waals surface area contributed by atoms with E-state index in [1.54, 1.807) is 38.5 Å². The van der Waals surface area contributed by atoms with E-state index in [9.17, 15) is 14.0 Å². The van der Waals surface area contributed by atoms with Gasteiger partial charge in [-0.1, -0.05) is 26.0 Å². The van der Waals surface area contributed by atoms with Gasteiger partial charge in [0.2, 0.25) is 5.91 Å². The summed E-state index contributed by atoms with van der Waals surface area (Å²) in [6, 6.07) is 9.73. The Morgan fingerprint density at radius 1 is 0.966 bits per heavy atom. The first kappa shape index (κ1) is 22.2. The number of hydrogen-bond acceptors (Lipinski definition) is 4. The fourth-order valence-corrected chi connectivity index (χ4v) is 2.96. The summed E-state index contributed by atoms with van der Waals surface area (Å²) in [5.74, 6) is -0.608. The number of benzene rings is 2. The smallest absolute Gasteiger partial charge is 0.254 e. The van der Waals surface area contributed by atoms with Gasteiger partial charge in [-0.3, -0.25) is 9.59 Å². The van der Waals surface area contributed by atoms with Gasteiger partial charge in [0.15, 0.2) is 0 Å². The van der Waals surface area contributed by atoms with E-state index in [-0.39, 0.29) is 17.4 Å². The Bertz CT molecular complexity index is 870. The zero-order valence-electron chi connectivity index (χ0n) is 17.3. The molecule has 29 heavy (non-hydrogen) atoms. The maximum absolute atomic E-state index is 13.9. The van der Waals surface area contributed by atoms with Gasteiger partial charge >= 0.3 is 0 Å². The highest BCUT2D eigenvalue weighted by Crippen LogP contribution is 2.29. The van der Waals surface area contributed by atoms with Gasteiger partial charge in [0, 0.05) is 5.56 Å². The Morgan fingerprint density at radius 2 is 1.66 bits per heavy atom. The van der Waals surface area contributed by atoms with E-state index in [1.165, 1.54) is 18.2 Å². The standard InChI is InChI=1S/C22H27FN2O4/c1-13(2)20(25-21(26)16-8-6-7-9-18(16)23)22(27)24-14(3)17-12-15(28-4)10-11-19(17)29-5/h6-14,20H,1-5H3,(H,24,27)(H,25,26). The molecule has 0 aliphatic rings. The molecule has 156 valence electrons. The Labute approximate surface area is 170 Å². The zero-order chi connectivity index (χ0) is 21.6. The third-order valence-corrected chi connectivity index (χ3v) is 4.62. The molecule has 2 aromatic carbocycles. The second kappa shape index (κ2) is 9.91. The Morgan fingerprint density at radius 3 is 2.24 bits per heavy atom. The van der Waals surface area contributed by atoms with Crippen LogP contribution in [-0.2, 0) is 4.79 Å². The summed E-state index contributed by atoms with van der Waals surface area (Å²) in [5.41, 5.74) is 0.636. The minimum Gasteiger partial charge on any atom is -0.497 e. The van der Waals surface area contributed by atoms with E-state index >= 15 is 0 Å². The van der Waals surface area contributed by atoms with E-state index in [0.717, 1.165) is 5.56 Å². The first-order valence-electron chi connectivity index (χ1n) is 9.36. The molecule has 2 amide bonds. The number of methoxy groups -OCH3 is 2. The molecule has 0 saturated carbocycles. The minimum absolute atomic E-state index is 0.103. The van der Waals surface area contributed by atoms with Crippen LogP contribution in [0.3, 0.4) is 0 Å². The van der Waals surface area contributed by atoms with Crippen LogP contribution in [0.1, 0.15) is 42.7 Å². The van der Waals surface area contributed by atoms with E-state index in [0.29, 0.717) is 11.5 Å². The molecule has 0 heterocycles. The molecule has 7 heteroatoms. The first-order chi connectivity index (χ1) is 13.8. The summed E-state index contributed by atoms with van der Waals surface area (Å²) in [7, 11) is 3.10. The quantitative estimate of drug-likeness (QED) is 0.709. The number of halogens is 1. The highest BCUT2D eigenvalue weighted by Gasteiger charge is 2.27. The van der Waals surface area contributed by atoms with Gasteiger partial charge in [0.05, 0.1) is 25.8 Å². The molecule has 0 aliphatic heterocycles. The molecule has 2 rings (SSSR count). The van der Waals surface area contributed by atoms with E-state index < -0.39 is 23.8 Å². The minimum atomic E-state index is -0.832. The molecule has 0 fully saturated rings. The van der Waals surface area contributed by atoms with Crippen LogP contribution in [0, 0.1) is 11.7 Å². The lowest BCUT2D eigenvalue weighted by atomic mass is 10.0. The SMILES string of the molecule is COc1ccc(OC)c(C(C)NC(=O)C(NC(=O)c2ccccc2F)C(C)C)c1. The van der Waals surface area contributed by atoms with Crippen molar-refractivity contribution in [3.8, 4) is 11.5 Å². The third kappa shape index (κ3) is 5.47. The molecule has 2 unspecified atom stereocenters. The Balaban J connectivity index is 2.17. The van der Waals surface area contributed by atoms with Gasteiger partial charge in [-0.25, -0.2) is 4.39 Å². The van der Waals surface area contributed by atoms with Crippen LogP contribution < -0.4 is 20.1 Å². The number of carbonyl (C=O) groups excluding carboxylic acids is 2. The van der Waals surface area contributed by atoms with E-state index in [4.69, 9.17) is 9.47 Å². The summed E-state index contributed by atoms with van der Waals surface area (Å²) in [6.45, 7) is 5.43. The van der Waals surface area contributed by atoms with Crippen LogP contribution in [0.25, 0.3) is 0 Å². The molecule has 0 aromatic heterocycles. The maximum Gasteiger partial charge on any atom is 0.254 e. The molecule has 0 spiro atoms. The monoisotopic (exact) mass is 402 g/mol. The van der Waals surface area contributed by atoms with Crippen LogP contribution >= 0.6 is 0 Å². The normalized spacial score (nSPS) is 12.8. The number of amides is 2. The molecule has 6 nitrogen and oxygen atoms in total. The van der Waals surface area contributed by atoms with E-state index in [1.807, 2.05) is 20.8 Å². The average molecular weight is 402 g/mol. The van der Waals surface area contributed by atoms with Gasteiger partial charge in [-0.05, 0) is 43.2 Å². The lowest BCUT2D eigenvalue weighted by Gasteiger charge is -2.25. The van der Waals surface area contributed by atoms with Crippen LogP contribution in [0.15, 0.2) is 42.5 Å². The van der Waals surface area contributed by atoms with Crippen LogP contribution in [0.4, 0.5) is 4.39 Å². The third-order valence-electron chi connectivity index (χ3n) is 4.62. The number of nitrogens with one attached hydrogen (secondary N) is 2. The van der Waals surface area contributed by atoms with Crippen LogP contribution in [0.2, 0.25) is 0 Å². The highest BCUT2D eigenvalue weighted by molar-refractivity contribution is 5.97. The molecule has 0 bridgehead atoms. The Hall–Kier alpha value is -3.09. The predicted octanol–water partition coefficient (Wildman–Crippen LogP) is 3.47. The number of ether oxygens (including phenoxy) is 2. The number of carbonyl (C=O) groups is 2. The molecule has 2 atom stereocenters. The first-order valence-corrected chi connectivity index (χ1v) is 9.36. The Kier molecular flexibility index (Phi) is 7.59. The summed E-state index contributed by atoms with van der Waals surface area (Å²) < 4.78 is 24.5. The fourth-order valence-electron chi connectivity index (χ4n) is 2.96. The van der Waals surface area contributed by atoms with Crippen molar-refractivity contribution < 1.29 is 23.5 Å². The predicted molar refractivity (Wildman–Crippen MR) is 109 cm³/mol. The maximum atomic E-state index is 13.9. The van der Waals surface area contributed by atoms with Crippen molar-refractivity contribution in [2.24, 2.45) is 5.92 Å². The van der Waals surface area contributed by atoms with Gasteiger partial charge < -0.3 is 20.1 Å². The lowest BCUT2D eigenvalue weighted by Crippen LogP contribution is -2.50. The van der Waals surface area contributed by atoms with Crippen molar-refractivity contribution in [1.29, 1.82) is 0 Å². The second-order valence-corrected chi connectivity index (χ2v) is 7.01. The molecule has 2 N–H and O–H groups in total. The second-order valence-electron chi connectivity index (χ2n) is 7.01. The van der Waals surface area contributed by atoms with Gasteiger partial charge in [0.1, 0.15) is 23.4 Å². The van der Waals surface area contributed by atoms with Crippen molar-refractivity contribution in [3.63, 3.8) is 0 Å². The fraction of sp³-hybridized carbons (Fsp3) is 0.364.